The third kappa shape index (κ3) is 1.18. The third-order valence-electron chi connectivity index (χ3n) is 3.61. The topological polar surface area (TPSA) is 71.4 Å². The van der Waals surface area contributed by atoms with Gasteiger partial charge in [-0.05, 0) is 32.6 Å². The van der Waals surface area contributed by atoms with Crippen molar-refractivity contribution in [2.75, 3.05) is 0 Å². The Bertz CT molecular complexity index is 350. The summed E-state index contributed by atoms with van der Waals surface area (Å²) < 4.78 is 23.4. The molecule has 0 aromatic carbocycles. The minimum Gasteiger partial charge on any atom is -0.481 e. The largest absolute Gasteiger partial charge is 0.481 e. The van der Waals surface area contributed by atoms with Crippen molar-refractivity contribution >= 4 is 15.8 Å². The maximum absolute atomic E-state index is 11.7. The summed E-state index contributed by atoms with van der Waals surface area (Å²) in [5.74, 6) is -0.857. The van der Waals surface area contributed by atoms with Crippen LogP contribution in [0.4, 0.5) is 0 Å². The summed E-state index contributed by atoms with van der Waals surface area (Å²) >= 11 is 0. The van der Waals surface area contributed by atoms with Crippen LogP contribution in [-0.4, -0.2) is 30.0 Å². The fourth-order valence-corrected chi connectivity index (χ4v) is 5.35. The molecule has 2 bridgehead atoms. The second kappa shape index (κ2) is 2.72. The van der Waals surface area contributed by atoms with Gasteiger partial charge >= 0.3 is 5.97 Å². The van der Waals surface area contributed by atoms with E-state index in [9.17, 15) is 13.2 Å². The predicted molar refractivity (Wildman–Crippen MR) is 50.7 cm³/mol. The Morgan fingerprint density at radius 3 is 2.07 bits per heavy atom. The zero-order valence-electron chi connectivity index (χ0n) is 8.06. The first-order valence-electron chi connectivity index (χ1n) is 4.82. The molecule has 0 aromatic heterocycles. The van der Waals surface area contributed by atoms with E-state index in [0.29, 0.717) is 25.7 Å². The normalized spacial score (nSPS) is 44.9. The zero-order valence-corrected chi connectivity index (χ0v) is 8.88. The number of carboxylic acid groups (broad SMARTS) is 1. The fourth-order valence-electron chi connectivity index (χ4n) is 2.67. The van der Waals surface area contributed by atoms with Gasteiger partial charge in [0.1, 0.15) is 0 Å². The molecule has 2 heterocycles. The average Bonchev–Trinajstić information content (AvgIpc) is 2.30. The Hall–Kier alpha value is -0.580. The smallest absolute Gasteiger partial charge is 0.309 e. The van der Waals surface area contributed by atoms with Crippen molar-refractivity contribution in [1.82, 2.24) is 0 Å². The molecule has 0 spiro atoms. The minimum absolute atomic E-state index is 0.293. The Labute approximate surface area is 83.2 Å². The van der Waals surface area contributed by atoms with Gasteiger partial charge in [-0.3, -0.25) is 4.79 Å². The van der Waals surface area contributed by atoms with Crippen LogP contribution in [0.1, 0.15) is 32.6 Å². The summed E-state index contributed by atoms with van der Waals surface area (Å²) in [6.45, 7) is 1.66. The van der Waals surface area contributed by atoms with Gasteiger partial charge in [0, 0.05) is 0 Å². The molecular weight excluding hydrogens is 204 g/mol. The number of rotatable bonds is 1. The lowest BCUT2D eigenvalue weighted by Crippen LogP contribution is -2.43. The van der Waals surface area contributed by atoms with Crippen LogP contribution in [0.2, 0.25) is 0 Å². The van der Waals surface area contributed by atoms with Crippen molar-refractivity contribution in [1.29, 1.82) is 0 Å². The van der Waals surface area contributed by atoms with Crippen LogP contribution >= 0.6 is 0 Å². The van der Waals surface area contributed by atoms with Crippen LogP contribution in [0, 0.1) is 5.41 Å². The third-order valence-corrected chi connectivity index (χ3v) is 6.28. The molecular formula is C9H14O4S. The van der Waals surface area contributed by atoms with Crippen molar-refractivity contribution in [2.45, 2.75) is 43.1 Å². The van der Waals surface area contributed by atoms with Gasteiger partial charge in [-0.1, -0.05) is 0 Å². The standard InChI is InChI=1S/C9H14O4S/c1-9(8(10)11)4-6-2-3-7(5-9)14(6,12)13/h6-7H,2-5H2,1H3,(H,10,11). The predicted octanol–water partition coefficient (Wildman–Crippen LogP) is 0.817. The Morgan fingerprint density at radius 2 is 1.71 bits per heavy atom. The first kappa shape index (κ1) is 9.96. The SMILES string of the molecule is CC1(C(=O)O)CC2CCC(C1)S2(=O)=O. The van der Waals surface area contributed by atoms with E-state index in [2.05, 4.69) is 0 Å². The van der Waals surface area contributed by atoms with E-state index < -0.39 is 31.7 Å². The molecule has 2 saturated heterocycles. The van der Waals surface area contributed by atoms with Gasteiger partial charge in [0.05, 0.1) is 15.9 Å². The molecule has 80 valence electrons. The molecule has 14 heavy (non-hydrogen) atoms. The Morgan fingerprint density at radius 1 is 1.29 bits per heavy atom. The number of carbonyl (C=O) groups is 1. The number of hydrogen-bond acceptors (Lipinski definition) is 3. The maximum atomic E-state index is 11.7. The van der Waals surface area contributed by atoms with Crippen LogP contribution < -0.4 is 0 Å². The lowest BCUT2D eigenvalue weighted by molar-refractivity contribution is -0.148. The van der Waals surface area contributed by atoms with E-state index in [-0.39, 0.29) is 0 Å². The Kier molecular flexibility index (Phi) is 1.93. The number of aliphatic carboxylic acids is 1. The Balaban J connectivity index is 2.34. The summed E-state index contributed by atoms with van der Waals surface area (Å²) in [5.41, 5.74) is -0.822. The van der Waals surface area contributed by atoms with Gasteiger partial charge < -0.3 is 5.11 Å². The first-order valence-corrected chi connectivity index (χ1v) is 6.43. The molecule has 2 fully saturated rings. The van der Waals surface area contributed by atoms with E-state index in [1.165, 1.54) is 0 Å². The lowest BCUT2D eigenvalue weighted by atomic mass is 9.82. The number of fused-ring (bicyclic) bond motifs is 2. The summed E-state index contributed by atoms with van der Waals surface area (Å²) in [6.07, 6.45) is 1.88. The summed E-state index contributed by atoms with van der Waals surface area (Å²) in [6, 6.07) is 0. The molecule has 2 rings (SSSR count). The molecule has 0 aromatic rings. The number of hydrogen-bond donors (Lipinski definition) is 1. The highest BCUT2D eigenvalue weighted by Gasteiger charge is 2.54. The second-order valence-electron chi connectivity index (χ2n) is 4.68. The van der Waals surface area contributed by atoms with E-state index in [4.69, 9.17) is 5.11 Å². The monoisotopic (exact) mass is 218 g/mol. The molecule has 4 nitrogen and oxygen atoms in total. The van der Waals surface area contributed by atoms with Crippen LogP contribution in [0.25, 0.3) is 0 Å². The van der Waals surface area contributed by atoms with Gasteiger partial charge in [0.2, 0.25) is 0 Å². The van der Waals surface area contributed by atoms with Crippen LogP contribution in [0.3, 0.4) is 0 Å². The van der Waals surface area contributed by atoms with Gasteiger partial charge in [-0.2, -0.15) is 0 Å². The zero-order chi connectivity index (χ0) is 10.6. The van der Waals surface area contributed by atoms with E-state index >= 15 is 0 Å². The lowest BCUT2D eigenvalue weighted by Gasteiger charge is -2.33. The minimum atomic E-state index is -3.00. The average molecular weight is 218 g/mol. The summed E-state index contributed by atoms with van der Waals surface area (Å²) in [7, 11) is -3.00. The molecule has 0 aliphatic carbocycles. The van der Waals surface area contributed by atoms with Crippen LogP contribution in [0.5, 0.6) is 0 Å². The second-order valence-corrected chi connectivity index (χ2v) is 7.20. The highest BCUT2D eigenvalue weighted by Crippen LogP contribution is 2.47. The molecule has 2 aliphatic rings. The van der Waals surface area contributed by atoms with Gasteiger partial charge in [0.25, 0.3) is 0 Å². The van der Waals surface area contributed by atoms with Crippen molar-refractivity contribution in [3.63, 3.8) is 0 Å². The number of carboxylic acids is 1. The number of sulfone groups is 1. The van der Waals surface area contributed by atoms with Crippen molar-refractivity contribution in [3.05, 3.63) is 0 Å². The summed E-state index contributed by atoms with van der Waals surface area (Å²) in [5, 5.41) is 8.24. The summed E-state index contributed by atoms with van der Waals surface area (Å²) in [4.78, 5) is 11.0. The molecule has 1 N–H and O–H groups in total. The molecule has 0 saturated carbocycles. The highest BCUT2D eigenvalue weighted by molar-refractivity contribution is 7.93. The van der Waals surface area contributed by atoms with E-state index in [1.807, 2.05) is 0 Å². The molecule has 2 atom stereocenters. The quantitative estimate of drug-likeness (QED) is 0.707. The van der Waals surface area contributed by atoms with Gasteiger partial charge in [-0.15, -0.1) is 0 Å². The van der Waals surface area contributed by atoms with Crippen LogP contribution in [-0.2, 0) is 14.6 Å². The maximum Gasteiger partial charge on any atom is 0.309 e. The van der Waals surface area contributed by atoms with E-state index in [1.54, 1.807) is 6.92 Å². The van der Waals surface area contributed by atoms with Gasteiger partial charge in [-0.25, -0.2) is 8.42 Å². The van der Waals surface area contributed by atoms with Crippen molar-refractivity contribution < 1.29 is 18.3 Å². The van der Waals surface area contributed by atoms with Gasteiger partial charge in [0.15, 0.2) is 9.84 Å². The molecule has 5 heteroatoms. The van der Waals surface area contributed by atoms with Crippen molar-refractivity contribution in [3.8, 4) is 0 Å². The molecule has 2 aliphatic heterocycles. The molecule has 0 radical (unpaired) electrons. The van der Waals surface area contributed by atoms with E-state index in [0.717, 1.165) is 0 Å². The fraction of sp³-hybridized carbons (Fsp3) is 0.889. The first-order chi connectivity index (χ1) is 6.36. The molecule has 2 unspecified atom stereocenters. The van der Waals surface area contributed by atoms with Crippen molar-refractivity contribution in [2.24, 2.45) is 5.41 Å². The highest BCUT2D eigenvalue weighted by atomic mass is 32.2. The molecule has 0 amide bonds. The van der Waals surface area contributed by atoms with Crippen LogP contribution in [0.15, 0.2) is 0 Å².